The van der Waals surface area contributed by atoms with Crippen molar-refractivity contribution in [2.75, 3.05) is 7.05 Å². The van der Waals surface area contributed by atoms with E-state index in [1.807, 2.05) is 13.0 Å². The van der Waals surface area contributed by atoms with Crippen LogP contribution >= 0.6 is 0 Å². The molecule has 0 heterocycles. The maximum atomic E-state index is 10.8. The minimum Gasteiger partial charge on any atom is -0.432 e. The largest absolute Gasteiger partial charge is 0.432 e. The molecule has 13 heavy (non-hydrogen) atoms. The molecular formula is C9H14N2O2. The highest BCUT2D eigenvalue weighted by molar-refractivity contribution is 5.67. The molecule has 1 atom stereocenters. The average Bonchev–Trinajstić information content (AvgIpc) is 2.31. The quantitative estimate of drug-likeness (QED) is 0.373. The Morgan fingerprint density at radius 2 is 2.38 bits per heavy atom. The van der Waals surface area contributed by atoms with Gasteiger partial charge < -0.3 is 4.74 Å². The summed E-state index contributed by atoms with van der Waals surface area (Å²) in [6.45, 7) is 3.38. The summed E-state index contributed by atoms with van der Waals surface area (Å²) in [6, 6.07) is 0. The van der Waals surface area contributed by atoms with Gasteiger partial charge in [-0.3, -0.25) is 4.79 Å². The molecule has 0 aliphatic heterocycles. The van der Waals surface area contributed by atoms with Crippen LogP contribution in [0.3, 0.4) is 0 Å². The van der Waals surface area contributed by atoms with Gasteiger partial charge in [-0.15, -0.1) is 5.11 Å². The topological polar surface area (TPSA) is 51.0 Å². The highest BCUT2D eigenvalue weighted by Crippen LogP contribution is 2.32. The minimum absolute atomic E-state index is 0.321. The van der Waals surface area contributed by atoms with Crippen molar-refractivity contribution in [1.82, 2.24) is 0 Å². The number of hydrogen-bond donors (Lipinski definition) is 0. The molecule has 0 spiro atoms. The molecule has 1 unspecified atom stereocenters. The Hall–Kier alpha value is -1.19. The van der Waals surface area contributed by atoms with Gasteiger partial charge >= 0.3 is 5.97 Å². The maximum Gasteiger partial charge on any atom is 0.305 e. The lowest BCUT2D eigenvalue weighted by Gasteiger charge is -2.20. The molecule has 0 amide bonds. The number of hydrogen-bond acceptors (Lipinski definition) is 4. The smallest absolute Gasteiger partial charge is 0.305 e. The molecule has 0 aromatic rings. The van der Waals surface area contributed by atoms with Gasteiger partial charge in [-0.05, 0) is 19.4 Å². The maximum absolute atomic E-state index is 10.8. The zero-order valence-electron chi connectivity index (χ0n) is 8.20. The fourth-order valence-corrected chi connectivity index (χ4v) is 1.50. The number of allylic oxidation sites excluding steroid dienone is 1. The molecule has 1 rings (SSSR count). The fraction of sp³-hybridized carbons (Fsp3) is 0.667. The van der Waals surface area contributed by atoms with Crippen LogP contribution in [0, 0.1) is 0 Å². The Bertz CT molecular complexity index is 271. The van der Waals surface area contributed by atoms with Crippen molar-refractivity contribution in [2.45, 2.75) is 32.4 Å². The van der Waals surface area contributed by atoms with E-state index in [-0.39, 0.29) is 5.97 Å². The summed E-state index contributed by atoms with van der Waals surface area (Å²) in [5.41, 5.74) is 0.374. The number of carbonyl (C=O) groups is 1. The Labute approximate surface area is 77.7 Å². The molecule has 0 bridgehead atoms. The van der Waals surface area contributed by atoms with Gasteiger partial charge in [0.1, 0.15) is 0 Å². The third kappa shape index (κ3) is 2.37. The van der Waals surface area contributed by atoms with Crippen molar-refractivity contribution < 1.29 is 9.53 Å². The normalized spacial score (nSPS) is 27.8. The predicted octanol–water partition coefficient (Wildman–Crippen LogP) is 2.07. The van der Waals surface area contributed by atoms with Crippen LogP contribution in [0.5, 0.6) is 0 Å². The van der Waals surface area contributed by atoms with E-state index in [2.05, 4.69) is 10.2 Å². The lowest BCUT2D eigenvalue weighted by Crippen LogP contribution is -2.27. The van der Waals surface area contributed by atoms with E-state index in [0.717, 1.165) is 6.42 Å². The number of azo groups is 1. The van der Waals surface area contributed by atoms with Crippen molar-refractivity contribution >= 4 is 5.97 Å². The lowest BCUT2D eigenvalue weighted by atomic mass is 10.2. The third-order valence-electron chi connectivity index (χ3n) is 1.94. The molecule has 0 radical (unpaired) electrons. The lowest BCUT2D eigenvalue weighted by molar-refractivity contribution is -0.152. The van der Waals surface area contributed by atoms with Gasteiger partial charge in [0, 0.05) is 20.4 Å². The van der Waals surface area contributed by atoms with Crippen LogP contribution in [0.2, 0.25) is 0 Å². The number of rotatable bonds is 2. The van der Waals surface area contributed by atoms with Crippen molar-refractivity contribution in [3.05, 3.63) is 11.6 Å². The number of ether oxygens (including phenoxy) is 1. The standard InChI is InChI=1S/C9H14N2O2/c1-7-4-5-9(6-7,11-10-3)13-8(2)12/h6H,4-5H2,1-3H3. The van der Waals surface area contributed by atoms with Crippen LogP contribution in [0.4, 0.5) is 0 Å². The van der Waals surface area contributed by atoms with Gasteiger partial charge in [0.15, 0.2) is 0 Å². The van der Waals surface area contributed by atoms with E-state index in [9.17, 15) is 4.79 Å². The Morgan fingerprint density at radius 3 is 2.77 bits per heavy atom. The van der Waals surface area contributed by atoms with Crippen LogP contribution in [0.15, 0.2) is 21.9 Å². The van der Waals surface area contributed by atoms with Gasteiger partial charge in [-0.2, -0.15) is 5.11 Å². The Morgan fingerprint density at radius 1 is 1.69 bits per heavy atom. The summed E-state index contributed by atoms with van der Waals surface area (Å²) in [4.78, 5) is 10.8. The summed E-state index contributed by atoms with van der Waals surface area (Å²) in [5, 5.41) is 7.63. The molecule has 1 aliphatic rings. The Balaban J connectivity index is 2.83. The molecule has 0 aromatic heterocycles. The van der Waals surface area contributed by atoms with Gasteiger partial charge in [-0.1, -0.05) is 5.57 Å². The van der Waals surface area contributed by atoms with E-state index in [1.54, 1.807) is 7.05 Å². The van der Waals surface area contributed by atoms with Crippen LogP contribution in [-0.2, 0) is 9.53 Å². The molecule has 1 aliphatic carbocycles. The van der Waals surface area contributed by atoms with Crippen LogP contribution in [0.1, 0.15) is 26.7 Å². The first-order chi connectivity index (χ1) is 6.08. The van der Waals surface area contributed by atoms with Gasteiger partial charge in [-0.25, -0.2) is 0 Å². The Kier molecular flexibility index (Phi) is 2.80. The van der Waals surface area contributed by atoms with Crippen LogP contribution in [0.25, 0.3) is 0 Å². The van der Waals surface area contributed by atoms with Crippen LogP contribution < -0.4 is 0 Å². The second-order valence-electron chi connectivity index (χ2n) is 3.23. The summed E-state index contributed by atoms with van der Waals surface area (Å²) >= 11 is 0. The number of esters is 1. The zero-order valence-corrected chi connectivity index (χ0v) is 8.20. The van der Waals surface area contributed by atoms with E-state index in [0.29, 0.717) is 6.42 Å². The van der Waals surface area contributed by atoms with E-state index >= 15 is 0 Å². The highest BCUT2D eigenvalue weighted by atomic mass is 16.6. The molecule has 4 heteroatoms. The molecule has 0 N–H and O–H groups in total. The first kappa shape index (κ1) is 9.89. The van der Waals surface area contributed by atoms with Gasteiger partial charge in [0.05, 0.1) is 0 Å². The van der Waals surface area contributed by atoms with Crippen molar-refractivity contribution in [3.8, 4) is 0 Å². The van der Waals surface area contributed by atoms with Crippen molar-refractivity contribution in [3.63, 3.8) is 0 Å². The van der Waals surface area contributed by atoms with Crippen molar-refractivity contribution in [1.29, 1.82) is 0 Å². The summed E-state index contributed by atoms with van der Waals surface area (Å²) < 4.78 is 5.13. The van der Waals surface area contributed by atoms with E-state index in [1.165, 1.54) is 12.5 Å². The SMILES string of the molecule is CN=NC1(OC(C)=O)C=C(C)CC1. The summed E-state index contributed by atoms with van der Waals surface area (Å²) in [7, 11) is 1.58. The summed E-state index contributed by atoms with van der Waals surface area (Å²) in [5.74, 6) is -0.321. The molecule has 0 saturated heterocycles. The predicted molar refractivity (Wildman–Crippen MR) is 48.3 cm³/mol. The monoisotopic (exact) mass is 182 g/mol. The highest BCUT2D eigenvalue weighted by Gasteiger charge is 2.35. The number of carbonyl (C=O) groups excluding carboxylic acids is 1. The third-order valence-corrected chi connectivity index (χ3v) is 1.94. The molecule has 0 aromatic carbocycles. The van der Waals surface area contributed by atoms with Crippen molar-refractivity contribution in [2.24, 2.45) is 10.2 Å². The van der Waals surface area contributed by atoms with E-state index < -0.39 is 5.72 Å². The first-order valence-corrected chi connectivity index (χ1v) is 4.27. The first-order valence-electron chi connectivity index (χ1n) is 4.27. The number of nitrogens with zero attached hydrogens (tertiary/aromatic N) is 2. The molecule has 0 saturated carbocycles. The zero-order chi connectivity index (χ0) is 9.90. The van der Waals surface area contributed by atoms with Gasteiger partial charge in [0.25, 0.3) is 0 Å². The van der Waals surface area contributed by atoms with Crippen LogP contribution in [-0.4, -0.2) is 18.7 Å². The molecular weight excluding hydrogens is 168 g/mol. The fourth-order valence-electron chi connectivity index (χ4n) is 1.50. The summed E-state index contributed by atoms with van der Waals surface area (Å²) in [6.07, 6.45) is 3.48. The second kappa shape index (κ2) is 3.68. The average molecular weight is 182 g/mol. The molecule has 0 fully saturated rings. The second-order valence-corrected chi connectivity index (χ2v) is 3.23. The molecule has 72 valence electrons. The minimum atomic E-state index is -0.815. The molecule has 4 nitrogen and oxygen atoms in total. The van der Waals surface area contributed by atoms with E-state index in [4.69, 9.17) is 4.74 Å². The van der Waals surface area contributed by atoms with Gasteiger partial charge in [0.2, 0.25) is 5.72 Å².